The lowest BCUT2D eigenvalue weighted by molar-refractivity contribution is -0.137. The van der Waals surface area contributed by atoms with Crippen LogP contribution in [0.15, 0.2) is 18.2 Å². The molecule has 0 spiro atoms. The molecule has 0 aliphatic heterocycles. The molecule has 0 bridgehead atoms. The number of ether oxygens (including phenoxy) is 2. The number of nitrogens with zero attached hydrogens (tertiary/aromatic N) is 1. The van der Waals surface area contributed by atoms with Gasteiger partial charge in [0.2, 0.25) is 0 Å². The highest BCUT2D eigenvalue weighted by Gasteiger charge is 2.21. The third-order valence-corrected chi connectivity index (χ3v) is 3.34. The Bertz CT molecular complexity index is 535. The van der Waals surface area contributed by atoms with Crippen molar-refractivity contribution in [1.29, 1.82) is 0 Å². The van der Waals surface area contributed by atoms with E-state index in [-0.39, 0.29) is 35.9 Å². The first kappa shape index (κ1) is 18.3. The van der Waals surface area contributed by atoms with Gasteiger partial charge in [-0.15, -0.1) is 0 Å². The van der Waals surface area contributed by atoms with Crippen molar-refractivity contribution < 1.29 is 19.1 Å². The van der Waals surface area contributed by atoms with E-state index < -0.39 is 5.97 Å². The second-order valence-electron chi connectivity index (χ2n) is 5.41. The first-order valence-electron chi connectivity index (χ1n) is 7.09. The van der Waals surface area contributed by atoms with Gasteiger partial charge >= 0.3 is 5.97 Å². The standard InChI is InChI=1S/C16H22ClNO4/c1-10(2)18(11(3)4)15(19)9-22-14-8-12(17)6-7-13(14)16(20)21-5/h6-8,10-11H,9H2,1-5H3. The van der Waals surface area contributed by atoms with Crippen molar-refractivity contribution in [3.05, 3.63) is 28.8 Å². The molecule has 5 nitrogen and oxygen atoms in total. The van der Waals surface area contributed by atoms with Gasteiger partial charge in [-0.25, -0.2) is 4.79 Å². The molecule has 122 valence electrons. The summed E-state index contributed by atoms with van der Waals surface area (Å²) in [4.78, 5) is 25.7. The molecule has 1 aromatic rings. The van der Waals surface area contributed by atoms with E-state index >= 15 is 0 Å². The van der Waals surface area contributed by atoms with Crippen molar-refractivity contribution in [2.45, 2.75) is 39.8 Å². The van der Waals surface area contributed by atoms with Gasteiger partial charge in [0.25, 0.3) is 5.91 Å². The fraction of sp³-hybridized carbons (Fsp3) is 0.500. The predicted molar refractivity (Wildman–Crippen MR) is 85.4 cm³/mol. The van der Waals surface area contributed by atoms with Crippen molar-refractivity contribution in [2.24, 2.45) is 0 Å². The van der Waals surface area contributed by atoms with Gasteiger partial charge in [0, 0.05) is 17.1 Å². The van der Waals surface area contributed by atoms with Crippen LogP contribution in [0.2, 0.25) is 5.02 Å². The first-order chi connectivity index (χ1) is 10.3. The van der Waals surface area contributed by atoms with Crippen molar-refractivity contribution in [2.75, 3.05) is 13.7 Å². The third kappa shape index (κ3) is 4.63. The second-order valence-corrected chi connectivity index (χ2v) is 5.85. The molecule has 0 saturated heterocycles. The van der Waals surface area contributed by atoms with Crippen LogP contribution in [-0.4, -0.2) is 42.6 Å². The number of carbonyl (C=O) groups excluding carboxylic acids is 2. The number of esters is 1. The Hall–Kier alpha value is -1.75. The molecule has 0 aliphatic rings. The van der Waals surface area contributed by atoms with Crippen molar-refractivity contribution in [3.8, 4) is 5.75 Å². The lowest BCUT2D eigenvalue weighted by Crippen LogP contribution is -2.44. The summed E-state index contributed by atoms with van der Waals surface area (Å²) >= 11 is 5.92. The minimum absolute atomic E-state index is 0.0653. The van der Waals surface area contributed by atoms with Crippen LogP contribution in [0, 0.1) is 0 Å². The van der Waals surface area contributed by atoms with Crippen LogP contribution in [0.4, 0.5) is 0 Å². The Balaban J connectivity index is 2.89. The van der Waals surface area contributed by atoms with Crippen molar-refractivity contribution in [3.63, 3.8) is 0 Å². The fourth-order valence-corrected chi connectivity index (χ4v) is 2.44. The Morgan fingerprint density at radius 3 is 2.27 bits per heavy atom. The van der Waals surface area contributed by atoms with Crippen LogP contribution >= 0.6 is 11.6 Å². The van der Waals surface area contributed by atoms with E-state index in [2.05, 4.69) is 0 Å². The largest absolute Gasteiger partial charge is 0.483 e. The summed E-state index contributed by atoms with van der Waals surface area (Å²) in [6.45, 7) is 7.60. The number of rotatable bonds is 6. The summed E-state index contributed by atoms with van der Waals surface area (Å²) < 4.78 is 10.2. The lowest BCUT2D eigenvalue weighted by atomic mass is 10.2. The predicted octanol–water partition coefficient (Wildman–Crippen LogP) is 3.15. The molecule has 0 unspecified atom stereocenters. The highest BCUT2D eigenvalue weighted by molar-refractivity contribution is 6.30. The molecule has 0 aliphatic carbocycles. The number of hydrogen-bond acceptors (Lipinski definition) is 4. The average molecular weight is 328 g/mol. The van der Waals surface area contributed by atoms with E-state index in [4.69, 9.17) is 21.1 Å². The third-order valence-electron chi connectivity index (χ3n) is 3.10. The van der Waals surface area contributed by atoms with Gasteiger partial charge < -0.3 is 14.4 Å². The van der Waals surface area contributed by atoms with Crippen LogP contribution < -0.4 is 4.74 Å². The van der Waals surface area contributed by atoms with Gasteiger partial charge in [-0.1, -0.05) is 11.6 Å². The average Bonchev–Trinajstić information content (AvgIpc) is 2.43. The molecule has 1 amide bonds. The smallest absolute Gasteiger partial charge is 0.341 e. The van der Waals surface area contributed by atoms with Crippen LogP contribution in [0.5, 0.6) is 5.75 Å². The molecule has 0 atom stereocenters. The Labute approximate surface area is 136 Å². The molecular weight excluding hydrogens is 306 g/mol. The molecule has 0 saturated carbocycles. The molecule has 1 aromatic carbocycles. The molecule has 6 heteroatoms. The zero-order valence-electron chi connectivity index (χ0n) is 13.6. The maximum atomic E-state index is 12.3. The van der Waals surface area contributed by atoms with E-state index in [1.807, 2.05) is 27.7 Å². The molecule has 1 rings (SSSR count). The summed E-state index contributed by atoms with van der Waals surface area (Å²) in [5.74, 6) is -0.454. The molecule has 22 heavy (non-hydrogen) atoms. The van der Waals surface area contributed by atoms with Crippen LogP contribution in [0.1, 0.15) is 38.1 Å². The van der Waals surface area contributed by atoms with Gasteiger partial charge in [-0.2, -0.15) is 0 Å². The van der Waals surface area contributed by atoms with E-state index in [0.717, 1.165) is 0 Å². The summed E-state index contributed by atoms with van der Waals surface area (Å²) in [6.07, 6.45) is 0. The second kappa shape index (κ2) is 8.03. The molecule has 0 heterocycles. The van der Waals surface area contributed by atoms with E-state index in [1.54, 1.807) is 11.0 Å². The van der Waals surface area contributed by atoms with Gasteiger partial charge in [0.05, 0.1) is 7.11 Å². The molecule has 0 N–H and O–H groups in total. The molecular formula is C16H22ClNO4. The lowest BCUT2D eigenvalue weighted by Gasteiger charge is -2.30. The zero-order chi connectivity index (χ0) is 16.9. The van der Waals surface area contributed by atoms with E-state index in [0.29, 0.717) is 5.02 Å². The maximum Gasteiger partial charge on any atom is 0.341 e. The number of methoxy groups -OCH3 is 1. The van der Waals surface area contributed by atoms with Crippen molar-refractivity contribution in [1.82, 2.24) is 4.90 Å². The summed E-state index contributed by atoms with van der Waals surface area (Å²) in [5.41, 5.74) is 0.236. The summed E-state index contributed by atoms with van der Waals surface area (Å²) in [6, 6.07) is 4.70. The van der Waals surface area contributed by atoms with Gasteiger partial charge in [0.15, 0.2) is 6.61 Å². The number of amides is 1. The first-order valence-corrected chi connectivity index (χ1v) is 7.47. The summed E-state index contributed by atoms with van der Waals surface area (Å²) in [5, 5.41) is 0.416. The van der Waals surface area contributed by atoms with Crippen LogP contribution in [-0.2, 0) is 9.53 Å². The Morgan fingerprint density at radius 2 is 1.77 bits per heavy atom. The Morgan fingerprint density at radius 1 is 1.18 bits per heavy atom. The molecule has 0 radical (unpaired) electrons. The van der Waals surface area contributed by atoms with E-state index in [9.17, 15) is 9.59 Å². The van der Waals surface area contributed by atoms with Gasteiger partial charge in [-0.05, 0) is 45.9 Å². The molecule has 0 fully saturated rings. The van der Waals surface area contributed by atoms with Gasteiger partial charge in [-0.3, -0.25) is 4.79 Å². The Kier molecular flexibility index (Phi) is 6.68. The van der Waals surface area contributed by atoms with Crippen LogP contribution in [0.25, 0.3) is 0 Å². The molecule has 0 aromatic heterocycles. The number of hydrogen-bond donors (Lipinski definition) is 0. The minimum Gasteiger partial charge on any atom is -0.483 e. The highest BCUT2D eigenvalue weighted by Crippen LogP contribution is 2.24. The van der Waals surface area contributed by atoms with Gasteiger partial charge in [0.1, 0.15) is 11.3 Å². The summed E-state index contributed by atoms with van der Waals surface area (Å²) in [7, 11) is 1.28. The number of benzene rings is 1. The topological polar surface area (TPSA) is 55.8 Å². The SMILES string of the molecule is COC(=O)c1ccc(Cl)cc1OCC(=O)N(C(C)C)C(C)C. The minimum atomic E-state index is -0.538. The zero-order valence-corrected chi connectivity index (χ0v) is 14.3. The quantitative estimate of drug-likeness (QED) is 0.753. The van der Waals surface area contributed by atoms with Crippen molar-refractivity contribution >= 4 is 23.5 Å². The highest BCUT2D eigenvalue weighted by atomic mass is 35.5. The van der Waals surface area contributed by atoms with Crippen LogP contribution in [0.3, 0.4) is 0 Å². The normalized spacial score (nSPS) is 10.7. The number of carbonyl (C=O) groups is 2. The number of halogens is 1. The maximum absolute atomic E-state index is 12.3. The van der Waals surface area contributed by atoms with E-state index in [1.165, 1.54) is 19.2 Å². The fourth-order valence-electron chi connectivity index (χ4n) is 2.28. The monoisotopic (exact) mass is 327 g/mol.